The number of benzene rings is 3. The van der Waals surface area contributed by atoms with Gasteiger partial charge in [-0.1, -0.05) is 84.4 Å². The van der Waals surface area contributed by atoms with E-state index in [9.17, 15) is 9.90 Å². The van der Waals surface area contributed by atoms with Crippen LogP contribution >= 0.6 is 11.6 Å². The molecule has 1 saturated heterocycles. The second-order valence-electron chi connectivity index (χ2n) is 6.51. The molecule has 0 radical (unpaired) electrons. The number of amides is 1. The molecular weight excluding hydrogens is 346 g/mol. The van der Waals surface area contributed by atoms with E-state index in [1.807, 2.05) is 72.8 Å². The maximum atomic E-state index is 13.0. The third-order valence-corrected chi connectivity index (χ3v) is 5.14. The van der Waals surface area contributed by atoms with E-state index >= 15 is 0 Å². The molecule has 4 heteroatoms. The first-order chi connectivity index (χ1) is 12.6. The molecule has 26 heavy (non-hydrogen) atoms. The Morgan fingerprint density at radius 3 is 2.08 bits per heavy atom. The summed E-state index contributed by atoms with van der Waals surface area (Å²) in [5.74, 6) is -0.285. The molecule has 3 nitrogen and oxygen atoms in total. The maximum absolute atomic E-state index is 13.0. The van der Waals surface area contributed by atoms with Gasteiger partial charge in [-0.15, -0.1) is 0 Å². The summed E-state index contributed by atoms with van der Waals surface area (Å²) in [6.07, 6.45) is 0. The molecule has 1 amide bonds. The molecular formula is C22H18ClNO2. The molecule has 1 heterocycles. The number of halogens is 1. The average molecular weight is 364 g/mol. The fraction of sp³-hybridized carbons (Fsp3) is 0.136. The molecule has 1 N–H and O–H groups in total. The van der Waals surface area contributed by atoms with Crippen molar-refractivity contribution in [3.05, 3.63) is 107 Å². The maximum Gasteiger partial charge on any atom is 0.262 e. The first kappa shape index (κ1) is 16.8. The van der Waals surface area contributed by atoms with E-state index in [1.165, 1.54) is 0 Å². The third kappa shape index (κ3) is 2.70. The minimum Gasteiger partial charge on any atom is -0.373 e. The lowest BCUT2D eigenvalue weighted by molar-refractivity contribution is -0.198. The first-order valence-electron chi connectivity index (χ1n) is 8.49. The van der Waals surface area contributed by atoms with Crippen LogP contribution in [0.25, 0.3) is 0 Å². The minimum absolute atomic E-state index is 0.285. The number of β-lactam (4-membered cyclic amide) rings is 1. The van der Waals surface area contributed by atoms with Crippen LogP contribution in [0, 0.1) is 0 Å². The Kier molecular flexibility index (Phi) is 4.27. The van der Waals surface area contributed by atoms with E-state index < -0.39 is 11.6 Å². The van der Waals surface area contributed by atoms with E-state index in [4.69, 9.17) is 11.6 Å². The number of carbonyl (C=O) groups is 1. The molecule has 1 aliphatic heterocycles. The summed E-state index contributed by atoms with van der Waals surface area (Å²) in [5.41, 5.74) is 0.951. The average Bonchev–Trinajstić information content (AvgIpc) is 2.70. The van der Waals surface area contributed by atoms with Gasteiger partial charge >= 0.3 is 0 Å². The predicted molar refractivity (Wildman–Crippen MR) is 102 cm³/mol. The lowest BCUT2D eigenvalue weighted by Crippen LogP contribution is -2.65. The van der Waals surface area contributed by atoms with E-state index in [1.54, 1.807) is 17.0 Å². The van der Waals surface area contributed by atoms with Gasteiger partial charge < -0.3 is 10.0 Å². The number of rotatable bonds is 4. The van der Waals surface area contributed by atoms with Crippen LogP contribution in [0.4, 0.5) is 0 Å². The van der Waals surface area contributed by atoms with E-state index in [2.05, 4.69) is 0 Å². The highest BCUT2D eigenvalue weighted by Gasteiger charge is 2.61. The molecule has 0 unspecified atom stereocenters. The standard InChI is InChI=1S/C22H18ClNO2/c23-19-13-11-16(12-14-19)15-24-20(17-7-3-1-4-8-17)22(26,21(24)25)18-9-5-2-6-10-18/h1-14,20,26H,15H2/t20-,22+/m0/s1. The van der Waals surface area contributed by atoms with Gasteiger partial charge in [-0.3, -0.25) is 4.79 Å². The van der Waals surface area contributed by atoms with Crippen molar-refractivity contribution in [1.82, 2.24) is 4.90 Å². The van der Waals surface area contributed by atoms with Crippen molar-refractivity contribution in [3.8, 4) is 0 Å². The summed E-state index contributed by atoms with van der Waals surface area (Å²) in [5, 5.41) is 12.0. The molecule has 3 aromatic rings. The molecule has 1 fully saturated rings. The summed E-state index contributed by atoms with van der Waals surface area (Å²) in [6, 6.07) is 25.8. The fourth-order valence-corrected chi connectivity index (χ4v) is 3.72. The van der Waals surface area contributed by atoms with Gasteiger partial charge in [0, 0.05) is 11.6 Å². The number of hydrogen-bond donors (Lipinski definition) is 1. The van der Waals surface area contributed by atoms with Crippen LogP contribution in [0.2, 0.25) is 5.02 Å². The van der Waals surface area contributed by atoms with Crippen LogP contribution in [-0.2, 0) is 16.9 Å². The third-order valence-electron chi connectivity index (χ3n) is 4.89. The summed E-state index contributed by atoms with van der Waals surface area (Å²) in [7, 11) is 0. The van der Waals surface area contributed by atoms with Gasteiger partial charge in [0.2, 0.25) is 0 Å². The number of carbonyl (C=O) groups excluding carboxylic acids is 1. The van der Waals surface area contributed by atoms with Crippen LogP contribution in [0.15, 0.2) is 84.9 Å². The van der Waals surface area contributed by atoms with Gasteiger partial charge in [0.15, 0.2) is 5.60 Å². The Bertz CT molecular complexity index is 912. The Labute approximate surface area is 157 Å². The molecule has 0 bridgehead atoms. The topological polar surface area (TPSA) is 40.5 Å². The van der Waals surface area contributed by atoms with Gasteiger partial charge in [0.05, 0.1) is 6.04 Å². The summed E-state index contributed by atoms with van der Waals surface area (Å²) >= 11 is 5.95. The highest BCUT2D eigenvalue weighted by molar-refractivity contribution is 6.30. The largest absolute Gasteiger partial charge is 0.373 e. The summed E-state index contributed by atoms with van der Waals surface area (Å²) in [4.78, 5) is 14.7. The number of aliphatic hydroxyl groups is 1. The number of nitrogens with zero attached hydrogens (tertiary/aromatic N) is 1. The van der Waals surface area contributed by atoms with Crippen LogP contribution < -0.4 is 0 Å². The molecule has 0 spiro atoms. The Morgan fingerprint density at radius 1 is 0.885 bits per heavy atom. The zero-order valence-corrected chi connectivity index (χ0v) is 14.8. The van der Waals surface area contributed by atoms with Crippen molar-refractivity contribution in [1.29, 1.82) is 0 Å². The smallest absolute Gasteiger partial charge is 0.262 e. The van der Waals surface area contributed by atoms with Gasteiger partial charge in [0.25, 0.3) is 5.91 Å². The lowest BCUT2D eigenvalue weighted by Gasteiger charge is -2.53. The molecule has 0 aliphatic carbocycles. The fourth-order valence-electron chi connectivity index (χ4n) is 3.59. The highest BCUT2D eigenvalue weighted by atomic mass is 35.5. The number of likely N-dealkylation sites (tertiary alicyclic amines) is 1. The first-order valence-corrected chi connectivity index (χ1v) is 8.87. The molecule has 1 aliphatic rings. The molecule has 130 valence electrons. The van der Waals surface area contributed by atoms with Crippen LogP contribution in [0.3, 0.4) is 0 Å². The quantitative estimate of drug-likeness (QED) is 0.701. The van der Waals surface area contributed by atoms with Crippen molar-refractivity contribution >= 4 is 17.5 Å². The number of hydrogen-bond acceptors (Lipinski definition) is 2. The Balaban J connectivity index is 1.73. The summed E-state index contributed by atoms with van der Waals surface area (Å²) < 4.78 is 0. The van der Waals surface area contributed by atoms with Crippen molar-refractivity contribution in [2.75, 3.05) is 0 Å². The van der Waals surface area contributed by atoms with Gasteiger partial charge in [-0.25, -0.2) is 0 Å². The van der Waals surface area contributed by atoms with E-state index in [0.29, 0.717) is 17.1 Å². The molecule has 3 aromatic carbocycles. The second kappa shape index (κ2) is 6.60. The van der Waals surface area contributed by atoms with Crippen molar-refractivity contribution in [2.45, 2.75) is 18.2 Å². The monoisotopic (exact) mass is 363 g/mol. The Morgan fingerprint density at radius 2 is 1.46 bits per heavy atom. The van der Waals surface area contributed by atoms with Crippen LogP contribution in [0.5, 0.6) is 0 Å². The minimum atomic E-state index is -1.55. The predicted octanol–water partition coefficient (Wildman–Crippen LogP) is 4.31. The van der Waals surface area contributed by atoms with Crippen LogP contribution in [-0.4, -0.2) is 15.9 Å². The van der Waals surface area contributed by atoms with Crippen LogP contribution in [0.1, 0.15) is 22.7 Å². The zero-order chi connectivity index (χ0) is 18.1. The lowest BCUT2D eigenvalue weighted by atomic mass is 9.73. The van der Waals surface area contributed by atoms with Gasteiger partial charge in [-0.2, -0.15) is 0 Å². The van der Waals surface area contributed by atoms with Gasteiger partial charge in [-0.05, 0) is 28.8 Å². The molecule has 4 rings (SSSR count). The SMILES string of the molecule is O=C1N(Cc2ccc(Cl)cc2)[C@@H](c2ccccc2)[C@]1(O)c1ccccc1. The van der Waals surface area contributed by atoms with Crippen molar-refractivity contribution < 1.29 is 9.90 Å². The Hall–Kier alpha value is -2.62. The van der Waals surface area contributed by atoms with Crippen molar-refractivity contribution in [2.24, 2.45) is 0 Å². The van der Waals surface area contributed by atoms with Gasteiger partial charge in [0.1, 0.15) is 0 Å². The highest BCUT2D eigenvalue weighted by Crippen LogP contribution is 2.50. The van der Waals surface area contributed by atoms with E-state index in [-0.39, 0.29) is 5.91 Å². The summed E-state index contributed by atoms with van der Waals surface area (Å²) in [6.45, 7) is 0.421. The molecule has 0 aromatic heterocycles. The molecule has 2 atom stereocenters. The van der Waals surface area contributed by atoms with Crippen molar-refractivity contribution in [3.63, 3.8) is 0 Å². The zero-order valence-electron chi connectivity index (χ0n) is 14.0. The second-order valence-corrected chi connectivity index (χ2v) is 6.94. The van der Waals surface area contributed by atoms with E-state index in [0.717, 1.165) is 11.1 Å². The normalized spacial score (nSPS) is 22.2. The molecule has 0 saturated carbocycles.